The summed E-state index contributed by atoms with van der Waals surface area (Å²) in [6.45, 7) is 0. The van der Waals surface area contributed by atoms with Crippen LogP contribution in [0, 0.1) is 0 Å². The van der Waals surface area contributed by atoms with Gasteiger partial charge in [0.15, 0.2) is 0 Å². The third-order valence-corrected chi connectivity index (χ3v) is 2.89. The molecule has 5 heteroatoms. The third-order valence-electron chi connectivity index (χ3n) is 2.49. The van der Waals surface area contributed by atoms with Crippen LogP contribution >= 0.6 is 15.9 Å². The molecule has 17 heavy (non-hydrogen) atoms. The van der Waals surface area contributed by atoms with Crippen molar-refractivity contribution in [3.8, 4) is 11.6 Å². The minimum absolute atomic E-state index is 0.503. The molecule has 0 N–H and O–H groups in total. The molecule has 1 saturated carbocycles. The first-order valence-corrected chi connectivity index (χ1v) is 6.23. The predicted octanol–water partition coefficient (Wildman–Crippen LogP) is 3.30. The maximum Gasteiger partial charge on any atom is 0.223 e. The number of rotatable bonds is 3. The Morgan fingerprint density at radius 2 is 2.18 bits per heavy atom. The van der Waals surface area contributed by atoms with E-state index in [4.69, 9.17) is 4.74 Å². The van der Waals surface area contributed by atoms with Crippen LogP contribution in [0.5, 0.6) is 11.6 Å². The molecule has 2 aromatic rings. The molecule has 3 rings (SSSR count). The van der Waals surface area contributed by atoms with Gasteiger partial charge in [0.05, 0.1) is 6.20 Å². The molecule has 86 valence electrons. The van der Waals surface area contributed by atoms with Gasteiger partial charge in [0, 0.05) is 18.2 Å². The Kier molecular flexibility index (Phi) is 2.76. The minimum Gasteiger partial charge on any atom is -0.437 e. The van der Waals surface area contributed by atoms with Crippen molar-refractivity contribution in [2.75, 3.05) is 0 Å². The van der Waals surface area contributed by atoms with Gasteiger partial charge >= 0.3 is 0 Å². The fourth-order valence-electron chi connectivity index (χ4n) is 1.52. The lowest BCUT2D eigenvalue weighted by Gasteiger charge is -2.06. The van der Waals surface area contributed by atoms with E-state index in [1.807, 2.05) is 12.1 Å². The maximum absolute atomic E-state index is 5.63. The Labute approximate surface area is 107 Å². The van der Waals surface area contributed by atoms with Crippen molar-refractivity contribution in [1.82, 2.24) is 15.0 Å². The van der Waals surface area contributed by atoms with Gasteiger partial charge in [0.2, 0.25) is 5.88 Å². The fourth-order valence-corrected chi connectivity index (χ4v) is 1.90. The van der Waals surface area contributed by atoms with E-state index in [-0.39, 0.29) is 0 Å². The minimum atomic E-state index is 0.503. The molecular formula is C12H10BrN3O. The van der Waals surface area contributed by atoms with Crippen molar-refractivity contribution in [3.63, 3.8) is 0 Å². The highest BCUT2D eigenvalue weighted by atomic mass is 79.9. The van der Waals surface area contributed by atoms with Crippen molar-refractivity contribution < 1.29 is 4.74 Å². The SMILES string of the molecule is Brc1cc(Oc2cccnc2)nc(C2CC2)n1. The standard InChI is InChI=1S/C12H10BrN3O/c13-10-6-11(16-12(15-10)8-3-4-8)17-9-2-1-5-14-7-9/h1-2,5-8H,3-4H2. The van der Waals surface area contributed by atoms with Crippen LogP contribution < -0.4 is 4.74 Å². The Morgan fingerprint density at radius 1 is 1.29 bits per heavy atom. The molecule has 2 heterocycles. The molecule has 0 atom stereocenters. The molecule has 0 unspecified atom stereocenters. The largest absolute Gasteiger partial charge is 0.437 e. The second-order valence-corrected chi connectivity index (χ2v) is 4.76. The second kappa shape index (κ2) is 4.41. The van der Waals surface area contributed by atoms with Crippen molar-refractivity contribution in [1.29, 1.82) is 0 Å². The highest BCUT2D eigenvalue weighted by Gasteiger charge is 2.27. The van der Waals surface area contributed by atoms with Crippen LogP contribution in [0.3, 0.4) is 0 Å². The fraction of sp³-hybridized carbons (Fsp3) is 0.250. The molecule has 1 fully saturated rings. The Balaban J connectivity index is 1.87. The smallest absolute Gasteiger partial charge is 0.223 e. The summed E-state index contributed by atoms with van der Waals surface area (Å²) in [6.07, 6.45) is 5.71. The number of hydrogen-bond acceptors (Lipinski definition) is 4. The van der Waals surface area contributed by atoms with E-state index in [0.717, 1.165) is 10.4 Å². The lowest BCUT2D eigenvalue weighted by atomic mass is 10.4. The average molecular weight is 292 g/mol. The zero-order valence-corrected chi connectivity index (χ0v) is 10.6. The molecule has 0 spiro atoms. The van der Waals surface area contributed by atoms with E-state index in [9.17, 15) is 0 Å². The molecule has 2 aromatic heterocycles. The molecule has 0 aromatic carbocycles. The number of pyridine rings is 1. The van der Waals surface area contributed by atoms with Gasteiger partial charge in [0.1, 0.15) is 16.2 Å². The monoisotopic (exact) mass is 291 g/mol. The quantitative estimate of drug-likeness (QED) is 0.814. The van der Waals surface area contributed by atoms with E-state index in [2.05, 4.69) is 30.9 Å². The van der Waals surface area contributed by atoms with Crippen LogP contribution in [0.25, 0.3) is 0 Å². The first-order valence-electron chi connectivity index (χ1n) is 5.43. The lowest BCUT2D eigenvalue weighted by molar-refractivity contribution is 0.455. The van der Waals surface area contributed by atoms with Gasteiger partial charge in [-0.3, -0.25) is 4.98 Å². The molecule has 1 aliphatic carbocycles. The average Bonchev–Trinajstić information content (AvgIpc) is 3.13. The Hall–Kier alpha value is -1.49. The van der Waals surface area contributed by atoms with Crippen LogP contribution in [0.15, 0.2) is 35.2 Å². The Bertz CT molecular complexity index is 529. The lowest BCUT2D eigenvalue weighted by Crippen LogP contribution is -1.96. The number of ether oxygens (including phenoxy) is 1. The van der Waals surface area contributed by atoms with E-state index in [0.29, 0.717) is 17.5 Å². The molecule has 0 bridgehead atoms. The molecular weight excluding hydrogens is 282 g/mol. The van der Waals surface area contributed by atoms with Crippen molar-refractivity contribution in [2.24, 2.45) is 0 Å². The molecule has 0 amide bonds. The van der Waals surface area contributed by atoms with Crippen LogP contribution in [0.2, 0.25) is 0 Å². The number of hydrogen-bond donors (Lipinski definition) is 0. The second-order valence-electron chi connectivity index (χ2n) is 3.95. The van der Waals surface area contributed by atoms with Crippen molar-refractivity contribution >= 4 is 15.9 Å². The van der Waals surface area contributed by atoms with E-state index >= 15 is 0 Å². The van der Waals surface area contributed by atoms with E-state index in [1.165, 1.54) is 12.8 Å². The van der Waals surface area contributed by atoms with Gasteiger partial charge in [-0.25, -0.2) is 4.98 Å². The van der Waals surface area contributed by atoms with E-state index < -0.39 is 0 Å². The summed E-state index contributed by atoms with van der Waals surface area (Å²) < 4.78 is 6.39. The molecule has 0 aliphatic heterocycles. The van der Waals surface area contributed by atoms with Gasteiger partial charge in [-0.2, -0.15) is 4.98 Å². The van der Waals surface area contributed by atoms with Gasteiger partial charge in [-0.1, -0.05) is 0 Å². The highest BCUT2D eigenvalue weighted by molar-refractivity contribution is 9.10. The zero-order chi connectivity index (χ0) is 11.7. The first-order chi connectivity index (χ1) is 8.31. The van der Waals surface area contributed by atoms with Crippen LogP contribution in [-0.4, -0.2) is 15.0 Å². The predicted molar refractivity (Wildman–Crippen MR) is 66.0 cm³/mol. The molecule has 0 saturated heterocycles. The van der Waals surface area contributed by atoms with Crippen LogP contribution in [0.1, 0.15) is 24.6 Å². The first kappa shape index (κ1) is 10.7. The highest BCUT2D eigenvalue weighted by Crippen LogP contribution is 2.39. The number of nitrogens with zero attached hydrogens (tertiary/aromatic N) is 3. The van der Waals surface area contributed by atoms with Crippen molar-refractivity contribution in [3.05, 3.63) is 41.0 Å². The van der Waals surface area contributed by atoms with Gasteiger partial charge in [-0.15, -0.1) is 0 Å². The zero-order valence-electron chi connectivity index (χ0n) is 9.01. The molecule has 4 nitrogen and oxygen atoms in total. The van der Waals surface area contributed by atoms with Crippen LogP contribution in [-0.2, 0) is 0 Å². The number of halogens is 1. The van der Waals surface area contributed by atoms with Crippen LogP contribution in [0.4, 0.5) is 0 Å². The van der Waals surface area contributed by atoms with Gasteiger partial charge < -0.3 is 4.74 Å². The molecule has 1 aliphatic rings. The van der Waals surface area contributed by atoms with Crippen molar-refractivity contribution in [2.45, 2.75) is 18.8 Å². The summed E-state index contributed by atoms with van der Waals surface area (Å²) in [4.78, 5) is 12.7. The molecule has 0 radical (unpaired) electrons. The summed E-state index contributed by atoms with van der Waals surface area (Å²) >= 11 is 3.38. The summed E-state index contributed by atoms with van der Waals surface area (Å²) in [5, 5.41) is 0. The summed E-state index contributed by atoms with van der Waals surface area (Å²) in [5.74, 6) is 2.60. The maximum atomic E-state index is 5.63. The summed E-state index contributed by atoms with van der Waals surface area (Å²) in [5.41, 5.74) is 0. The van der Waals surface area contributed by atoms with Gasteiger partial charge in [0.25, 0.3) is 0 Å². The normalized spacial score (nSPS) is 14.6. The summed E-state index contributed by atoms with van der Waals surface area (Å²) in [7, 11) is 0. The van der Waals surface area contributed by atoms with E-state index in [1.54, 1.807) is 18.5 Å². The third kappa shape index (κ3) is 2.61. The Morgan fingerprint density at radius 3 is 2.88 bits per heavy atom. The topological polar surface area (TPSA) is 47.9 Å². The van der Waals surface area contributed by atoms with Gasteiger partial charge in [-0.05, 0) is 40.9 Å². The summed E-state index contributed by atoms with van der Waals surface area (Å²) in [6, 6.07) is 5.44. The number of aromatic nitrogens is 3.